The van der Waals surface area contributed by atoms with Crippen molar-refractivity contribution in [1.82, 2.24) is 4.31 Å². The van der Waals surface area contributed by atoms with Crippen molar-refractivity contribution < 1.29 is 22.7 Å². The van der Waals surface area contributed by atoms with Crippen molar-refractivity contribution in [3.05, 3.63) is 58.1 Å². The normalized spacial score (nSPS) is 11.3. The van der Waals surface area contributed by atoms with Crippen molar-refractivity contribution in [3.8, 4) is 0 Å². The third-order valence-corrected chi connectivity index (χ3v) is 6.77. The standard InChI is InChI=1S/C19H20Cl2N2O5S/c1-3-23(4-2)29(26,27)15-8-5-13(6-9-15)19(25)28-12-18(24)22-14-7-10-16(20)17(21)11-14/h5-11H,3-4,12H2,1-2H3,(H,22,24). The van der Waals surface area contributed by atoms with Gasteiger partial charge < -0.3 is 10.1 Å². The molecule has 29 heavy (non-hydrogen) atoms. The number of nitrogens with one attached hydrogen (secondary N) is 1. The number of halogens is 2. The average molecular weight is 459 g/mol. The Morgan fingerprint density at radius 3 is 2.17 bits per heavy atom. The first-order valence-electron chi connectivity index (χ1n) is 8.71. The van der Waals surface area contributed by atoms with Crippen LogP contribution < -0.4 is 5.32 Å². The van der Waals surface area contributed by atoms with Crippen molar-refractivity contribution >= 4 is 50.8 Å². The Labute approximate surface area is 179 Å². The molecule has 0 aromatic heterocycles. The lowest BCUT2D eigenvalue weighted by atomic mass is 10.2. The molecule has 0 fully saturated rings. The second-order valence-electron chi connectivity index (χ2n) is 5.87. The summed E-state index contributed by atoms with van der Waals surface area (Å²) in [6.45, 7) is 3.66. The molecule has 0 radical (unpaired) electrons. The topological polar surface area (TPSA) is 92.8 Å². The predicted molar refractivity (Wildman–Crippen MR) is 112 cm³/mol. The minimum Gasteiger partial charge on any atom is -0.452 e. The molecule has 0 aliphatic carbocycles. The van der Waals surface area contributed by atoms with Crippen LogP contribution in [0.15, 0.2) is 47.4 Å². The fourth-order valence-corrected chi connectivity index (χ4v) is 4.22. The van der Waals surface area contributed by atoms with Crippen molar-refractivity contribution in [1.29, 1.82) is 0 Å². The lowest BCUT2D eigenvalue weighted by Gasteiger charge is -2.18. The number of carbonyl (C=O) groups excluding carboxylic acids is 2. The van der Waals surface area contributed by atoms with E-state index < -0.39 is 28.5 Å². The smallest absolute Gasteiger partial charge is 0.338 e. The second-order valence-corrected chi connectivity index (χ2v) is 8.62. The van der Waals surface area contributed by atoms with Crippen LogP contribution in [-0.2, 0) is 19.6 Å². The number of carbonyl (C=O) groups is 2. The molecular weight excluding hydrogens is 439 g/mol. The molecular formula is C19H20Cl2N2O5S. The van der Waals surface area contributed by atoms with Crippen LogP contribution in [0.5, 0.6) is 0 Å². The number of rotatable bonds is 8. The zero-order valence-corrected chi connectivity index (χ0v) is 18.1. The molecule has 0 spiro atoms. The minimum absolute atomic E-state index is 0.0788. The molecule has 156 valence electrons. The van der Waals surface area contributed by atoms with Crippen molar-refractivity contribution in [2.75, 3.05) is 25.0 Å². The van der Waals surface area contributed by atoms with Gasteiger partial charge in [0.1, 0.15) is 0 Å². The summed E-state index contributed by atoms with van der Waals surface area (Å²) in [7, 11) is -3.61. The molecule has 7 nitrogen and oxygen atoms in total. The number of nitrogens with zero attached hydrogens (tertiary/aromatic N) is 1. The van der Waals surface area contributed by atoms with E-state index in [2.05, 4.69) is 5.32 Å². The summed E-state index contributed by atoms with van der Waals surface area (Å²) < 4.78 is 31.2. The summed E-state index contributed by atoms with van der Waals surface area (Å²) in [6.07, 6.45) is 0. The zero-order valence-electron chi connectivity index (χ0n) is 15.8. The first-order chi connectivity index (χ1) is 13.7. The number of amides is 1. The second kappa shape index (κ2) is 10.1. The van der Waals surface area contributed by atoms with Gasteiger partial charge >= 0.3 is 5.97 Å². The van der Waals surface area contributed by atoms with E-state index in [0.717, 1.165) is 0 Å². The molecule has 10 heteroatoms. The number of hydrogen-bond acceptors (Lipinski definition) is 5. The third kappa shape index (κ3) is 5.93. The summed E-state index contributed by atoms with van der Waals surface area (Å²) in [6, 6.07) is 9.91. The summed E-state index contributed by atoms with van der Waals surface area (Å²) in [5.41, 5.74) is 0.539. The summed E-state index contributed by atoms with van der Waals surface area (Å²) >= 11 is 11.7. The first-order valence-corrected chi connectivity index (χ1v) is 10.9. The zero-order chi connectivity index (χ0) is 21.6. The van der Waals surface area contributed by atoms with Gasteiger partial charge in [-0.3, -0.25) is 4.79 Å². The molecule has 0 heterocycles. The maximum absolute atomic E-state index is 12.4. The van der Waals surface area contributed by atoms with Gasteiger partial charge in [-0.2, -0.15) is 4.31 Å². The summed E-state index contributed by atoms with van der Waals surface area (Å²) in [4.78, 5) is 24.1. The number of hydrogen-bond donors (Lipinski definition) is 1. The van der Waals surface area contributed by atoms with Crippen LogP contribution >= 0.6 is 23.2 Å². The molecule has 1 amide bonds. The van der Waals surface area contributed by atoms with E-state index in [1.807, 2.05) is 0 Å². The fraction of sp³-hybridized carbons (Fsp3) is 0.263. The molecule has 2 rings (SSSR count). The van der Waals surface area contributed by atoms with E-state index in [1.54, 1.807) is 19.9 Å². The van der Waals surface area contributed by atoms with E-state index in [0.29, 0.717) is 23.8 Å². The summed E-state index contributed by atoms with van der Waals surface area (Å²) in [5, 5.41) is 3.16. The van der Waals surface area contributed by atoms with E-state index in [4.69, 9.17) is 27.9 Å². The molecule has 0 saturated carbocycles. The molecule has 0 aliphatic rings. The van der Waals surface area contributed by atoms with Gasteiger partial charge in [0, 0.05) is 18.8 Å². The van der Waals surface area contributed by atoms with Crippen molar-refractivity contribution in [2.45, 2.75) is 18.7 Å². The quantitative estimate of drug-likeness (QED) is 0.606. The molecule has 2 aromatic rings. The van der Waals surface area contributed by atoms with Gasteiger partial charge in [0.2, 0.25) is 10.0 Å². The van der Waals surface area contributed by atoms with Crippen LogP contribution in [0.25, 0.3) is 0 Å². The molecule has 0 atom stereocenters. The van der Waals surface area contributed by atoms with Crippen LogP contribution in [0, 0.1) is 0 Å². The van der Waals surface area contributed by atoms with Gasteiger partial charge in [-0.05, 0) is 42.5 Å². The molecule has 2 aromatic carbocycles. The Morgan fingerprint density at radius 2 is 1.62 bits per heavy atom. The fourth-order valence-electron chi connectivity index (χ4n) is 2.46. The Morgan fingerprint density at radius 1 is 1.00 bits per heavy atom. The highest BCUT2D eigenvalue weighted by Crippen LogP contribution is 2.25. The molecule has 0 saturated heterocycles. The van der Waals surface area contributed by atoms with E-state index in [9.17, 15) is 18.0 Å². The van der Waals surface area contributed by atoms with E-state index >= 15 is 0 Å². The SMILES string of the molecule is CCN(CC)S(=O)(=O)c1ccc(C(=O)OCC(=O)Nc2ccc(Cl)c(Cl)c2)cc1. The van der Waals surface area contributed by atoms with Gasteiger partial charge in [-0.15, -0.1) is 0 Å². The van der Waals surface area contributed by atoms with Crippen molar-refractivity contribution in [2.24, 2.45) is 0 Å². The maximum Gasteiger partial charge on any atom is 0.338 e. The number of anilines is 1. The number of ether oxygens (including phenoxy) is 1. The van der Waals surface area contributed by atoms with Gasteiger partial charge in [0.25, 0.3) is 5.91 Å². The molecule has 0 aliphatic heterocycles. The first kappa shape index (κ1) is 23.2. The van der Waals surface area contributed by atoms with Crippen LogP contribution in [0.3, 0.4) is 0 Å². The highest BCUT2D eigenvalue weighted by atomic mass is 35.5. The lowest BCUT2D eigenvalue weighted by molar-refractivity contribution is -0.119. The Balaban J connectivity index is 1.97. The Hall–Kier alpha value is -2.13. The highest BCUT2D eigenvalue weighted by Gasteiger charge is 2.22. The van der Waals surface area contributed by atoms with Gasteiger partial charge in [-0.25, -0.2) is 13.2 Å². The van der Waals surface area contributed by atoms with E-state index in [-0.39, 0.29) is 15.5 Å². The van der Waals surface area contributed by atoms with Crippen molar-refractivity contribution in [3.63, 3.8) is 0 Å². The maximum atomic E-state index is 12.4. The van der Waals surface area contributed by atoms with Crippen LogP contribution in [0.1, 0.15) is 24.2 Å². The predicted octanol–water partition coefficient (Wildman–Crippen LogP) is 3.82. The van der Waals surface area contributed by atoms with Crippen LogP contribution in [-0.4, -0.2) is 44.3 Å². The molecule has 0 bridgehead atoms. The largest absolute Gasteiger partial charge is 0.452 e. The Bertz CT molecular complexity index is 990. The Kier molecular flexibility index (Phi) is 8.04. The number of benzene rings is 2. The monoisotopic (exact) mass is 458 g/mol. The van der Waals surface area contributed by atoms with Crippen LogP contribution in [0.2, 0.25) is 10.0 Å². The van der Waals surface area contributed by atoms with Gasteiger partial charge in [0.15, 0.2) is 6.61 Å². The van der Waals surface area contributed by atoms with Gasteiger partial charge in [-0.1, -0.05) is 37.0 Å². The van der Waals surface area contributed by atoms with Crippen LogP contribution in [0.4, 0.5) is 5.69 Å². The minimum atomic E-state index is -3.61. The number of esters is 1. The molecule has 1 N–H and O–H groups in total. The third-order valence-electron chi connectivity index (χ3n) is 3.97. The molecule has 0 unspecified atom stereocenters. The lowest BCUT2D eigenvalue weighted by Crippen LogP contribution is -2.30. The van der Waals surface area contributed by atoms with E-state index in [1.165, 1.54) is 40.7 Å². The summed E-state index contributed by atoms with van der Waals surface area (Å²) in [5.74, 6) is -1.31. The average Bonchev–Trinajstić information content (AvgIpc) is 2.70. The highest BCUT2D eigenvalue weighted by molar-refractivity contribution is 7.89. The number of sulfonamides is 1. The van der Waals surface area contributed by atoms with Gasteiger partial charge in [0.05, 0.1) is 20.5 Å².